The van der Waals surface area contributed by atoms with Crippen molar-refractivity contribution in [1.82, 2.24) is 0 Å². The fourth-order valence-corrected chi connectivity index (χ4v) is 5.83. The third-order valence-electron chi connectivity index (χ3n) is 7.97. The second-order valence-corrected chi connectivity index (χ2v) is 10.6. The van der Waals surface area contributed by atoms with Gasteiger partial charge in [0.05, 0.1) is 0 Å². The average molecular weight is 559 g/mol. The van der Waals surface area contributed by atoms with Crippen LogP contribution in [0.4, 0.5) is 0 Å². The van der Waals surface area contributed by atoms with Crippen molar-refractivity contribution in [3.05, 3.63) is 169 Å². The quantitative estimate of drug-likeness (QED) is 0.168. The van der Waals surface area contributed by atoms with E-state index < -0.39 is 0 Å². The molecule has 5 aromatic carbocycles. The summed E-state index contributed by atoms with van der Waals surface area (Å²) >= 11 is 0. The molecule has 0 aliphatic rings. The lowest BCUT2D eigenvalue weighted by Crippen LogP contribution is -1.97. The maximum atomic E-state index is 5.84. The van der Waals surface area contributed by atoms with Crippen molar-refractivity contribution < 1.29 is 0 Å². The highest BCUT2D eigenvalue weighted by Crippen LogP contribution is 2.44. The van der Waals surface area contributed by atoms with Crippen molar-refractivity contribution in [3.8, 4) is 22.3 Å². The summed E-state index contributed by atoms with van der Waals surface area (Å²) in [6, 6.07) is 30.6. The van der Waals surface area contributed by atoms with Crippen LogP contribution in [-0.4, -0.2) is 0 Å². The van der Waals surface area contributed by atoms with Gasteiger partial charge in [-0.2, -0.15) is 0 Å². The van der Waals surface area contributed by atoms with Crippen LogP contribution in [0.25, 0.3) is 56.0 Å². The van der Waals surface area contributed by atoms with E-state index in [1.165, 1.54) is 61.1 Å². The zero-order chi connectivity index (χ0) is 30.2. The van der Waals surface area contributed by atoms with Crippen LogP contribution in [0.15, 0.2) is 146 Å². The number of fused-ring (bicyclic) bond motifs is 2. The predicted octanol–water partition coefficient (Wildman–Crippen LogP) is 10.3. The Labute approximate surface area is 255 Å². The van der Waals surface area contributed by atoms with Crippen LogP contribution in [-0.2, 0) is 6.42 Å². The Morgan fingerprint density at radius 3 is 1.95 bits per heavy atom. The summed E-state index contributed by atoms with van der Waals surface area (Å²) in [5.74, 6) is 0. The lowest BCUT2D eigenvalue weighted by Gasteiger charge is -2.21. The van der Waals surface area contributed by atoms with Gasteiger partial charge in [0, 0.05) is 0 Å². The molecule has 0 fully saturated rings. The summed E-state index contributed by atoms with van der Waals surface area (Å²) in [6.07, 6.45) is 18.7. The molecular weight excluding hydrogens is 520 g/mol. The van der Waals surface area contributed by atoms with E-state index in [0.29, 0.717) is 0 Å². The molecule has 5 aromatic rings. The standard InChI is InChI=1S/C41H38N2/c1-4-36-37(5-2)41(35-24-22-32-16-8-9-17-33(32)27-35)39-20-11-10-19-38(39)40(36)34-23-21-31(29(3)26-34)18-13-15-30(28-43)14-7-6-12-25-42/h4-13,15-17,19-28H,1-2,14,18,42-43H2,3H3/b7-6-,15-13-,25-12-,30-28-. The van der Waals surface area contributed by atoms with Gasteiger partial charge in [0.2, 0.25) is 0 Å². The summed E-state index contributed by atoms with van der Waals surface area (Å²) in [7, 11) is 0. The molecule has 212 valence electrons. The van der Waals surface area contributed by atoms with Crippen LogP contribution in [0.3, 0.4) is 0 Å². The summed E-state index contributed by atoms with van der Waals surface area (Å²) in [5, 5.41) is 4.86. The molecule has 2 heteroatoms. The molecule has 0 saturated heterocycles. The Balaban J connectivity index is 1.57. The molecule has 0 aliphatic carbocycles. The molecule has 0 unspecified atom stereocenters. The van der Waals surface area contributed by atoms with Crippen LogP contribution in [0.1, 0.15) is 28.7 Å². The second kappa shape index (κ2) is 13.5. The number of hydrogen-bond donors (Lipinski definition) is 2. The number of allylic oxidation sites excluding steroid dienone is 6. The minimum atomic E-state index is 0.757. The van der Waals surface area contributed by atoms with Gasteiger partial charge in [-0.3, -0.25) is 0 Å². The van der Waals surface area contributed by atoms with Crippen LogP contribution >= 0.6 is 0 Å². The molecule has 4 N–H and O–H groups in total. The monoisotopic (exact) mass is 558 g/mol. The van der Waals surface area contributed by atoms with Crippen LogP contribution in [0.5, 0.6) is 0 Å². The van der Waals surface area contributed by atoms with Crippen molar-refractivity contribution >= 4 is 33.7 Å². The van der Waals surface area contributed by atoms with E-state index in [0.717, 1.165) is 29.5 Å². The molecule has 0 aliphatic heterocycles. The zero-order valence-electron chi connectivity index (χ0n) is 24.8. The third kappa shape index (κ3) is 6.14. The van der Waals surface area contributed by atoms with E-state index in [1.807, 2.05) is 24.3 Å². The van der Waals surface area contributed by atoms with E-state index in [4.69, 9.17) is 11.5 Å². The van der Waals surface area contributed by atoms with E-state index in [9.17, 15) is 0 Å². The van der Waals surface area contributed by atoms with Crippen molar-refractivity contribution in [2.24, 2.45) is 11.5 Å². The molecule has 0 amide bonds. The molecule has 0 spiro atoms. The van der Waals surface area contributed by atoms with E-state index >= 15 is 0 Å². The highest BCUT2D eigenvalue weighted by molar-refractivity contribution is 6.12. The maximum Gasteiger partial charge on any atom is -0.00264 e. The third-order valence-corrected chi connectivity index (χ3v) is 7.97. The minimum absolute atomic E-state index is 0.757. The molecule has 2 nitrogen and oxygen atoms in total. The first-order chi connectivity index (χ1) is 21.1. The number of aryl methyl sites for hydroxylation is 1. The van der Waals surface area contributed by atoms with Gasteiger partial charge in [0.25, 0.3) is 0 Å². The number of benzene rings is 5. The average Bonchev–Trinajstić information content (AvgIpc) is 3.05. The lowest BCUT2D eigenvalue weighted by atomic mass is 9.82. The summed E-state index contributed by atoms with van der Waals surface area (Å²) in [5.41, 5.74) is 21.7. The molecule has 0 heterocycles. The molecule has 0 atom stereocenters. The van der Waals surface area contributed by atoms with Gasteiger partial charge >= 0.3 is 0 Å². The van der Waals surface area contributed by atoms with Crippen LogP contribution in [0.2, 0.25) is 0 Å². The highest BCUT2D eigenvalue weighted by Gasteiger charge is 2.19. The van der Waals surface area contributed by atoms with Gasteiger partial charge in [-0.05, 0) is 116 Å². The first kappa shape index (κ1) is 29.2. The van der Waals surface area contributed by atoms with Gasteiger partial charge < -0.3 is 11.5 Å². The molecular formula is C41H38N2. The smallest absolute Gasteiger partial charge is 0.00264 e. The van der Waals surface area contributed by atoms with Gasteiger partial charge in [0.15, 0.2) is 0 Å². The highest BCUT2D eigenvalue weighted by atomic mass is 14.5. The summed E-state index contributed by atoms with van der Waals surface area (Å²) in [6.45, 7) is 10.7. The first-order valence-corrected chi connectivity index (χ1v) is 14.6. The lowest BCUT2D eigenvalue weighted by molar-refractivity contribution is 1.19. The summed E-state index contributed by atoms with van der Waals surface area (Å²) < 4.78 is 0. The largest absolute Gasteiger partial charge is 0.405 e. The van der Waals surface area contributed by atoms with Crippen molar-refractivity contribution in [2.75, 3.05) is 0 Å². The van der Waals surface area contributed by atoms with Crippen molar-refractivity contribution in [1.29, 1.82) is 0 Å². The Hall–Kier alpha value is -5.34. The van der Waals surface area contributed by atoms with Gasteiger partial charge in [-0.25, -0.2) is 0 Å². The van der Waals surface area contributed by atoms with Crippen LogP contribution < -0.4 is 11.5 Å². The number of nitrogens with two attached hydrogens (primary N) is 2. The van der Waals surface area contributed by atoms with Gasteiger partial charge in [-0.1, -0.05) is 128 Å². The molecule has 0 saturated carbocycles. The fourth-order valence-electron chi connectivity index (χ4n) is 5.83. The number of hydrogen-bond acceptors (Lipinski definition) is 2. The van der Waals surface area contributed by atoms with Crippen LogP contribution in [0, 0.1) is 6.92 Å². The Bertz CT molecular complexity index is 1930. The predicted molar refractivity (Wildman–Crippen MR) is 189 cm³/mol. The SMILES string of the molecule is C=Cc1c(C=C)c(-c2ccc3ccccc3c2)c2ccccc2c1-c1ccc(C/C=C\C(=C/N)C/C=C\C=C/N)c(C)c1. The Morgan fingerprint density at radius 2 is 1.33 bits per heavy atom. The van der Waals surface area contributed by atoms with Gasteiger partial charge in [-0.15, -0.1) is 0 Å². The van der Waals surface area contributed by atoms with Crippen molar-refractivity contribution in [2.45, 2.75) is 19.8 Å². The molecule has 43 heavy (non-hydrogen) atoms. The molecule has 0 aromatic heterocycles. The zero-order valence-corrected chi connectivity index (χ0v) is 24.8. The van der Waals surface area contributed by atoms with E-state index in [-0.39, 0.29) is 0 Å². The topological polar surface area (TPSA) is 52.0 Å². The Kier molecular flexibility index (Phi) is 9.19. The van der Waals surface area contributed by atoms with Gasteiger partial charge in [0.1, 0.15) is 0 Å². The normalized spacial score (nSPS) is 12.3. The van der Waals surface area contributed by atoms with E-state index in [2.05, 4.69) is 117 Å². The number of rotatable bonds is 10. The molecule has 5 rings (SSSR count). The first-order valence-electron chi connectivity index (χ1n) is 14.6. The fraction of sp³-hybridized carbons (Fsp3) is 0.0732. The second-order valence-electron chi connectivity index (χ2n) is 10.6. The maximum absolute atomic E-state index is 5.84. The summed E-state index contributed by atoms with van der Waals surface area (Å²) in [4.78, 5) is 0. The van der Waals surface area contributed by atoms with Crippen molar-refractivity contribution in [3.63, 3.8) is 0 Å². The Morgan fingerprint density at radius 1 is 0.698 bits per heavy atom. The minimum Gasteiger partial charge on any atom is -0.405 e. The molecule has 0 radical (unpaired) electrons. The van der Waals surface area contributed by atoms with E-state index in [1.54, 1.807) is 12.3 Å². The molecule has 0 bridgehead atoms.